The minimum Gasteiger partial charge on any atom is -0.481 e. The van der Waals surface area contributed by atoms with Crippen LogP contribution in [0.4, 0.5) is 0 Å². The molecule has 0 spiro atoms. The van der Waals surface area contributed by atoms with Gasteiger partial charge in [0.2, 0.25) is 0 Å². The Labute approximate surface area is 179 Å². The molecule has 0 unspecified atom stereocenters. The molecule has 0 heterocycles. The van der Waals surface area contributed by atoms with Crippen molar-refractivity contribution in [2.24, 2.45) is 5.41 Å². The molecule has 0 aromatic heterocycles. The molecule has 8 nitrogen and oxygen atoms in total. The first-order valence-corrected chi connectivity index (χ1v) is 10.9. The predicted molar refractivity (Wildman–Crippen MR) is 111 cm³/mol. The van der Waals surface area contributed by atoms with E-state index in [1.54, 1.807) is 0 Å². The van der Waals surface area contributed by atoms with E-state index in [1.807, 2.05) is 0 Å². The van der Waals surface area contributed by atoms with Crippen molar-refractivity contribution in [2.45, 2.75) is 96.3 Å². The molecule has 0 rings (SSSR count). The Morgan fingerprint density at radius 3 is 1.23 bits per heavy atom. The second-order valence-corrected chi connectivity index (χ2v) is 7.68. The molecular formula is C22H38O8. The third-order valence-electron chi connectivity index (χ3n) is 5.38. The second-order valence-electron chi connectivity index (χ2n) is 7.68. The van der Waals surface area contributed by atoms with Crippen molar-refractivity contribution < 1.29 is 38.9 Å². The van der Waals surface area contributed by atoms with Gasteiger partial charge in [0.25, 0.3) is 5.41 Å². The fourth-order valence-corrected chi connectivity index (χ4v) is 3.53. The molecule has 0 aromatic rings. The summed E-state index contributed by atoms with van der Waals surface area (Å²) in [6.07, 6.45) is 13.1. The Kier molecular flexibility index (Phi) is 15.5. The number of unbranched alkanes of at least 4 members (excludes halogenated alkanes) is 12. The zero-order valence-corrected chi connectivity index (χ0v) is 18.5. The summed E-state index contributed by atoms with van der Waals surface area (Å²) in [4.78, 5) is 45.9. The molecule has 0 radical (unpaired) electrons. The maximum atomic E-state index is 11.9. The van der Waals surface area contributed by atoms with Crippen LogP contribution in [-0.2, 0) is 28.7 Å². The van der Waals surface area contributed by atoms with E-state index in [0.29, 0.717) is 6.42 Å². The topological polar surface area (TPSA) is 127 Å². The van der Waals surface area contributed by atoms with Crippen molar-refractivity contribution in [3.8, 4) is 0 Å². The number of hydrogen-bond acceptors (Lipinski definition) is 6. The Hall–Kier alpha value is -2.12. The van der Waals surface area contributed by atoms with Crippen LogP contribution in [-0.4, -0.2) is 48.3 Å². The molecule has 0 aromatic carbocycles. The van der Waals surface area contributed by atoms with Crippen LogP contribution >= 0.6 is 0 Å². The van der Waals surface area contributed by atoms with Gasteiger partial charge in [-0.25, -0.2) is 0 Å². The van der Waals surface area contributed by atoms with E-state index in [9.17, 15) is 24.3 Å². The third kappa shape index (κ3) is 10.6. The molecule has 30 heavy (non-hydrogen) atoms. The summed E-state index contributed by atoms with van der Waals surface area (Å²) in [6.45, 7) is 0. The van der Waals surface area contributed by atoms with Gasteiger partial charge in [-0.3, -0.25) is 19.2 Å². The fourth-order valence-electron chi connectivity index (χ4n) is 3.53. The van der Waals surface area contributed by atoms with E-state index in [0.717, 1.165) is 72.0 Å². The minimum absolute atomic E-state index is 0.131. The normalized spacial score (nSPS) is 11.1. The lowest BCUT2D eigenvalue weighted by molar-refractivity contribution is -0.179. The number of carbonyl (C=O) groups excluding carboxylic acids is 2. The number of methoxy groups -OCH3 is 2. The number of rotatable bonds is 19. The first-order valence-electron chi connectivity index (χ1n) is 10.9. The zero-order valence-electron chi connectivity index (χ0n) is 18.5. The van der Waals surface area contributed by atoms with Crippen LogP contribution in [0.15, 0.2) is 0 Å². The van der Waals surface area contributed by atoms with Crippen LogP contribution in [0.2, 0.25) is 0 Å². The van der Waals surface area contributed by atoms with Crippen LogP contribution in [0.3, 0.4) is 0 Å². The van der Waals surface area contributed by atoms with Gasteiger partial charge in [0, 0.05) is 6.42 Å². The molecule has 0 aliphatic carbocycles. The average Bonchev–Trinajstić information content (AvgIpc) is 2.72. The molecular weight excluding hydrogens is 392 g/mol. The van der Waals surface area contributed by atoms with Crippen molar-refractivity contribution in [2.75, 3.05) is 14.2 Å². The summed E-state index contributed by atoms with van der Waals surface area (Å²) >= 11 is 0. The first-order chi connectivity index (χ1) is 14.3. The van der Waals surface area contributed by atoms with Gasteiger partial charge in [0.15, 0.2) is 0 Å². The summed E-state index contributed by atoms with van der Waals surface area (Å²) in [5.74, 6) is -4.45. The van der Waals surface area contributed by atoms with Crippen LogP contribution in [0.5, 0.6) is 0 Å². The standard InChI is InChI=1S/C22H38O8/c1-29-20(27)22(19(25)26,21(28)30-2)17-15-13-11-9-7-5-3-4-6-8-10-12-14-16-18(23)24/h3-17H2,1-2H3,(H,23,24)(H,25,26). The van der Waals surface area contributed by atoms with Gasteiger partial charge in [-0.15, -0.1) is 0 Å². The molecule has 0 saturated heterocycles. The number of carbonyl (C=O) groups is 4. The highest BCUT2D eigenvalue weighted by Crippen LogP contribution is 2.29. The molecule has 0 atom stereocenters. The van der Waals surface area contributed by atoms with Crippen molar-refractivity contribution >= 4 is 23.9 Å². The number of hydrogen-bond donors (Lipinski definition) is 2. The minimum atomic E-state index is -2.28. The van der Waals surface area contributed by atoms with Gasteiger partial charge in [-0.2, -0.15) is 0 Å². The smallest absolute Gasteiger partial charge is 0.334 e. The molecule has 174 valence electrons. The maximum Gasteiger partial charge on any atom is 0.334 e. The van der Waals surface area contributed by atoms with Gasteiger partial charge in [-0.05, 0) is 12.8 Å². The van der Waals surface area contributed by atoms with Crippen LogP contribution in [0.25, 0.3) is 0 Å². The van der Waals surface area contributed by atoms with E-state index in [4.69, 9.17) is 5.11 Å². The Morgan fingerprint density at radius 1 is 0.600 bits per heavy atom. The van der Waals surface area contributed by atoms with Gasteiger partial charge in [0.05, 0.1) is 14.2 Å². The lowest BCUT2D eigenvalue weighted by atomic mass is 9.82. The average molecular weight is 431 g/mol. The van der Waals surface area contributed by atoms with Crippen molar-refractivity contribution in [1.29, 1.82) is 0 Å². The summed E-state index contributed by atoms with van der Waals surface area (Å²) in [7, 11) is 2.12. The van der Waals surface area contributed by atoms with Gasteiger partial charge < -0.3 is 19.7 Å². The highest BCUT2D eigenvalue weighted by Gasteiger charge is 2.55. The Bertz CT molecular complexity index is 513. The van der Waals surface area contributed by atoms with Gasteiger partial charge >= 0.3 is 23.9 Å². The quantitative estimate of drug-likeness (QED) is 0.176. The number of carboxylic acids is 2. The van der Waals surface area contributed by atoms with E-state index in [2.05, 4.69) is 9.47 Å². The maximum absolute atomic E-state index is 11.9. The van der Waals surface area contributed by atoms with Gasteiger partial charge in [-0.1, -0.05) is 77.0 Å². The molecule has 0 amide bonds. The van der Waals surface area contributed by atoms with Crippen molar-refractivity contribution in [3.05, 3.63) is 0 Å². The van der Waals surface area contributed by atoms with Crippen molar-refractivity contribution in [1.82, 2.24) is 0 Å². The summed E-state index contributed by atoms with van der Waals surface area (Å²) in [5, 5.41) is 18.0. The summed E-state index contributed by atoms with van der Waals surface area (Å²) in [6, 6.07) is 0. The van der Waals surface area contributed by atoms with E-state index >= 15 is 0 Å². The molecule has 2 N–H and O–H groups in total. The molecule has 0 fully saturated rings. The monoisotopic (exact) mass is 430 g/mol. The number of ether oxygens (including phenoxy) is 2. The third-order valence-corrected chi connectivity index (χ3v) is 5.38. The van der Waals surface area contributed by atoms with E-state index < -0.39 is 29.3 Å². The molecule has 0 saturated carbocycles. The molecule has 0 aliphatic rings. The lowest BCUT2D eigenvalue weighted by Crippen LogP contribution is -2.47. The van der Waals surface area contributed by atoms with Crippen LogP contribution in [0, 0.1) is 5.41 Å². The molecule has 8 heteroatoms. The first kappa shape index (κ1) is 27.9. The van der Waals surface area contributed by atoms with Gasteiger partial charge in [0.1, 0.15) is 0 Å². The highest BCUT2D eigenvalue weighted by atomic mass is 16.5. The molecule has 0 aliphatic heterocycles. The Balaban J connectivity index is 3.83. The van der Waals surface area contributed by atoms with Crippen LogP contribution < -0.4 is 0 Å². The summed E-state index contributed by atoms with van der Waals surface area (Å²) in [5.41, 5.74) is -2.28. The lowest BCUT2D eigenvalue weighted by Gasteiger charge is -2.23. The second kappa shape index (κ2) is 16.7. The van der Waals surface area contributed by atoms with E-state index in [-0.39, 0.29) is 12.8 Å². The SMILES string of the molecule is COC(=O)C(CCCCCCCCCCCCCCCC(=O)O)(C(=O)O)C(=O)OC. The largest absolute Gasteiger partial charge is 0.481 e. The zero-order chi connectivity index (χ0) is 22.8. The Morgan fingerprint density at radius 2 is 0.933 bits per heavy atom. The molecule has 0 bridgehead atoms. The number of aliphatic carboxylic acids is 2. The highest BCUT2D eigenvalue weighted by molar-refractivity contribution is 6.17. The van der Waals surface area contributed by atoms with Crippen LogP contribution in [0.1, 0.15) is 96.3 Å². The van der Waals surface area contributed by atoms with Crippen molar-refractivity contribution in [3.63, 3.8) is 0 Å². The summed E-state index contributed by atoms with van der Waals surface area (Å²) < 4.78 is 9.07. The van der Waals surface area contributed by atoms with E-state index in [1.165, 1.54) is 19.3 Å². The fraction of sp³-hybridized carbons (Fsp3) is 0.818. The predicted octanol–water partition coefficient (Wildman–Crippen LogP) is 4.34. The number of esters is 2. The number of carboxylic acid groups (broad SMARTS) is 2.